The van der Waals surface area contributed by atoms with Crippen LogP contribution in [-0.2, 0) is 23.9 Å². The van der Waals surface area contributed by atoms with Crippen molar-refractivity contribution >= 4 is 11.6 Å². The Bertz CT molecular complexity index is 675. The highest BCUT2D eigenvalue weighted by atomic mass is 35.5. The molecule has 0 unspecified atom stereocenters. The predicted molar refractivity (Wildman–Crippen MR) is 83.2 cm³/mol. The van der Waals surface area contributed by atoms with E-state index in [-0.39, 0.29) is 10.8 Å². The summed E-state index contributed by atoms with van der Waals surface area (Å²) >= 11 is 5.73. The van der Waals surface area contributed by atoms with Crippen LogP contribution in [0, 0.1) is 5.82 Å². The Morgan fingerprint density at radius 1 is 1.45 bits per heavy atom. The maximum atomic E-state index is 13.6. The van der Waals surface area contributed by atoms with Gasteiger partial charge in [0.2, 0.25) is 0 Å². The van der Waals surface area contributed by atoms with E-state index in [1.165, 1.54) is 6.07 Å². The maximum Gasteiger partial charge on any atom is 0.142 e. The molecule has 0 amide bonds. The number of halogens is 2. The minimum absolute atomic E-state index is 0.158. The molecule has 0 bridgehead atoms. The van der Waals surface area contributed by atoms with Gasteiger partial charge in [-0.05, 0) is 24.6 Å². The van der Waals surface area contributed by atoms with Crippen LogP contribution in [0.15, 0.2) is 30.6 Å². The van der Waals surface area contributed by atoms with Crippen LogP contribution in [0.5, 0.6) is 0 Å². The molecular weight excluding hydrogens is 305 g/mol. The molecule has 4 nitrogen and oxygen atoms in total. The monoisotopic (exact) mass is 323 g/mol. The van der Waals surface area contributed by atoms with Gasteiger partial charge in [-0.25, -0.2) is 4.39 Å². The van der Waals surface area contributed by atoms with Gasteiger partial charge < -0.3 is 4.74 Å². The van der Waals surface area contributed by atoms with E-state index in [0.29, 0.717) is 13.2 Å². The third-order valence-electron chi connectivity index (χ3n) is 4.06. The first-order valence-electron chi connectivity index (χ1n) is 7.26. The van der Waals surface area contributed by atoms with Crippen molar-refractivity contribution in [3.05, 3.63) is 52.6 Å². The average molecular weight is 324 g/mol. The summed E-state index contributed by atoms with van der Waals surface area (Å²) in [6, 6.07) is 4.97. The standard InChI is InChI=1S/C16H19ClFN3O/c1-16(13-8-19-20(2)10-13)11-21(5-6-22-16)9-12-3-4-14(17)15(18)7-12/h3-4,7-8,10H,5-6,9,11H2,1-2H3/t16-/m0/s1. The quantitative estimate of drug-likeness (QED) is 0.870. The minimum Gasteiger partial charge on any atom is -0.368 e. The third-order valence-corrected chi connectivity index (χ3v) is 4.37. The number of benzene rings is 1. The van der Waals surface area contributed by atoms with Gasteiger partial charge in [-0.2, -0.15) is 5.10 Å². The summed E-state index contributed by atoms with van der Waals surface area (Å²) in [6.07, 6.45) is 3.82. The second kappa shape index (κ2) is 5.99. The number of hydrogen-bond acceptors (Lipinski definition) is 3. The average Bonchev–Trinajstić information content (AvgIpc) is 2.91. The Morgan fingerprint density at radius 3 is 2.95 bits per heavy atom. The highest BCUT2D eigenvalue weighted by Crippen LogP contribution is 2.30. The molecule has 3 rings (SSSR count). The summed E-state index contributed by atoms with van der Waals surface area (Å²) in [5.74, 6) is -0.373. The fourth-order valence-corrected chi connectivity index (χ4v) is 2.97. The van der Waals surface area contributed by atoms with Crippen LogP contribution in [0.1, 0.15) is 18.1 Å². The number of rotatable bonds is 3. The fourth-order valence-electron chi connectivity index (χ4n) is 2.85. The van der Waals surface area contributed by atoms with E-state index >= 15 is 0 Å². The number of morpholine rings is 1. The molecule has 118 valence electrons. The molecule has 1 fully saturated rings. The Kier molecular flexibility index (Phi) is 4.21. The molecule has 1 atom stereocenters. The van der Waals surface area contributed by atoms with E-state index in [0.717, 1.165) is 24.2 Å². The second-order valence-corrected chi connectivity index (χ2v) is 6.35. The van der Waals surface area contributed by atoms with E-state index < -0.39 is 5.60 Å². The van der Waals surface area contributed by atoms with Crippen molar-refractivity contribution < 1.29 is 9.13 Å². The normalized spacial score (nSPS) is 22.9. The van der Waals surface area contributed by atoms with Gasteiger partial charge in [-0.3, -0.25) is 9.58 Å². The van der Waals surface area contributed by atoms with Crippen LogP contribution < -0.4 is 0 Å². The van der Waals surface area contributed by atoms with E-state index in [1.54, 1.807) is 10.7 Å². The van der Waals surface area contributed by atoms with Crippen LogP contribution in [0.25, 0.3) is 0 Å². The van der Waals surface area contributed by atoms with E-state index in [4.69, 9.17) is 16.3 Å². The molecule has 1 aliphatic rings. The topological polar surface area (TPSA) is 30.3 Å². The Balaban J connectivity index is 1.74. The van der Waals surface area contributed by atoms with Crippen LogP contribution >= 0.6 is 11.6 Å². The number of hydrogen-bond donors (Lipinski definition) is 0. The zero-order chi connectivity index (χ0) is 15.7. The van der Waals surface area contributed by atoms with Crippen molar-refractivity contribution in [1.82, 2.24) is 14.7 Å². The Hall–Kier alpha value is -1.43. The molecule has 1 aromatic carbocycles. The van der Waals surface area contributed by atoms with Gasteiger partial charge in [-0.1, -0.05) is 17.7 Å². The van der Waals surface area contributed by atoms with E-state index in [2.05, 4.69) is 16.9 Å². The largest absolute Gasteiger partial charge is 0.368 e. The maximum absolute atomic E-state index is 13.6. The Morgan fingerprint density at radius 2 is 2.27 bits per heavy atom. The highest BCUT2D eigenvalue weighted by Gasteiger charge is 2.34. The summed E-state index contributed by atoms with van der Waals surface area (Å²) in [5, 5.41) is 4.38. The van der Waals surface area contributed by atoms with Gasteiger partial charge in [-0.15, -0.1) is 0 Å². The fraction of sp³-hybridized carbons (Fsp3) is 0.438. The molecule has 22 heavy (non-hydrogen) atoms. The molecule has 0 radical (unpaired) electrons. The van der Waals surface area contributed by atoms with Gasteiger partial charge in [0.1, 0.15) is 11.4 Å². The van der Waals surface area contributed by atoms with Gasteiger partial charge in [0.15, 0.2) is 0 Å². The first-order valence-corrected chi connectivity index (χ1v) is 7.63. The Labute approximate surface area is 134 Å². The molecule has 1 saturated heterocycles. The summed E-state index contributed by atoms with van der Waals surface area (Å²) in [5.41, 5.74) is 1.58. The van der Waals surface area contributed by atoms with E-state index in [9.17, 15) is 4.39 Å². The lowest BCUT2D eigenvalue weighted by molar-refractivity contribution is -0.105. The second-order valence-electron chi connectivity index (χ2n) is 5.94. The van der Waals surface area contributed by atoms with Gasteiger partial charge >= 0.3 is 0 Å². The zero-order valence-electron chi connectivity index (χ0n) is 12.7. The number of aryl methyl sites for hydroxylation is 1. The van der Waals surface area contributed by atoms with Crippen molar-refractivity contribution in [3.8, 4) is 0 Å². The number of aromatic nitrogens is 2. The molecule has 2 aromatic rings. The van der Waals surface area contributed by atoms with Gasteiger partial charge in [0.25, 0.3) is 0 Å². The van der Waals surface area contributed by atoms with Crippen molar-refractivity contribution in [3.63, 3.8) is 0 Å². The SMILES string of the molecule is Cn1cc([C@]2(C)CN(Cc3ccc(Cl)c(F)c3)CCO2)cn1. The first-order chi connectivity index (χ1) is 10.5. The van der Waals surface area contributed by atoms with Crippen LogP contribution in [0.3, 0.4) is 0 Å². The van der Waals surface area contributed by atoms with Gasteiger partial charge in [0, 0.05) is 38.4 Å². The molecule has 6 heteroatoms. The molecular formula is C16H19ClFN3O. The summed E-state index contributed by atoms with van der Waals surface area (Å²) in [6.45, 7) is 4.94. The lowest BCUT2D eigenvalue weighted by Crippen LogP contribution is -2.47. The summed E-state index contributed by atoms with van der Waals surface area (Å²) in [4.78, 5) is 2.26. The molecule has 0 saturated carbocycles. The lowest BCUT2D eigenvalue weighted by Gasteiger charge is -2.40. The van der Waals surface area contributed by atoms with Crippen molar-refractivity contribution in [2.24, 2.45) is 7.05 Å². The van der Waals surface area contributed by atoms with Crippen LogP contribution in [-0.4, -0.2) is 34.4 Å². The van der Waals surface area contributed by atoms with Crippen molar-refractivity contribution in [2.45, 2.75) is 19.1 Å². The smallest absolute Gasteiger partial charge is 0.142 e. The molecule has 0 aliphatic carbocycles. The lowest BCUT2D eigenvalue weighted by atomic mass is 9.96. The molecule has 1 aliphatic heterocycles. The number of nitrogens with zero attached hydrogens (tertiary/aromatic N) is 3. The highest BCUT2D eigenvalue weighted by molar-refractivity contribution is 6.30. The van der Waals surface area contributed by atoms with Crippen LogP contribution in [0.2, 0.25) is 5.02 Å². The summed E-state index contributed by atoms with van der Waals surface area (Å²) < 4.78 is 21.3. The van der Waals surface area contributed by atoms with Crippen molar-refractivity contribution in [1.29, 1.82) is 0 Å². The van der Waals surface area contributed by atoms with Crippen molar-refractivity contribution in [2.75, 3.05) is 19.7 Å². The van der Waals surface area contributed by atoms with Crippen LogP contribution in [0.4, 0.5) is 4.39 Å². The molecule has 1 aromatic heterocycles. The minimum atomic E-state index is -0.391. The molecule has 2 heterocycles. The zero-order valence-corrected chi connectivity index (χ0v) is 13.5. The first kappa shape index (κ1) is 15.5. The molecule has 0 spiro atoms. The predicted octanol–water partition coefficient (Wildman–Crippen LogP) is 2.96. The third kappa shape index (κ3) is 3.16. The number of ether oxygens (including phenoxy) is 1. The molecule has 0 N–H and O–H groups in total. The van der Waals surface area contributed by atoms with E-state index in [1.807, 2.05) is 25.5 Å². The summed E-state index contributed by atoms with van der Waals surface area (Å²) in [7, 11) is 1.89. The van der Waals surface area contributed by atoms with Gasteiger partial charge in [0.05, 0.1) is 17.8 Å².